The van der Waals surface area contributed by atoms with Gasteiger partial charge in [-0.15, -0.1) is 0 Å². The lowest BCUT2D eigenvalue weighted by Crippen LogP contribution is -2.01. The van der Waals surface area contributed by atoms with Crippen LogP contribution in [0.15, 0.2) is 5.16 Å². The molecule has 0 atom stereocenters. The largest absolute Gasteiger partial charge is 0.411 e. The van der Waals surface area contributed by atoms with Gasteiger partial charge in [-0.2, -0.15) is 11.8 Å². The van der Waals surface area contributed by atoms with E-state index in [0.29, 0.717) is 0 Å². The van der Waals surface area contributed by atoms with Gasteiger partial charge in [-0.1, -0.05) is 18.0 Å². The Morgan fingerprint density at radius 1 is 1.55 bits per heavy atom. The Labute approximate surface area is 72.1 Å². The quantitative estimate of drug-likeness (QED) is 0.404. The van der Waals surface area contributed by atoms with Gasteiger partial charge in [-0.3, -0.25) is 0 Å². The fourth-order valence-electron chi connectivity index (χ4n) is 1.32. The second kappa shape index (κ2) is 4.65. The third-order valence-electron chi connectivity index (χ3n) is 2.00. The summed E-state index contributed by atoms with van der Waals surface area (Å²) < 4.78 is 0. The molecular formula is C8H15NOS. The number of rotatable bonds is 3. The van der Waals surface area contributed by atoms with Crippen molar-refractivity contribution in [1.82, 2.24) is 0 Å². The van der Waals surface area contributed by atoms with E-state index in [2.05, 4.69) is 5.16 Å². The maximum absolute atomic E-state index is 8.38. The number of hydrogen-bond donors (Lipinski definition) is 1. The Hall–Kier alpha value is -0.180. The summed E-state index contributed by atoms with van der Waals surface area (Å²) >= 11 is 1.93. The van der Waals surface area contributed by atoms with Crippen molar-refractivity contribution in [2.24, 2.45) is 5.16 Å². The van der Waals surface area contributed by atoms with Gasteiger partial charge in [-0.25, -0.2) is 0 Å². The molecule has 0 aromatic carbocycles. The predicted molar refractivity (Wildman–Crippen MR) is 49.6 cm³/mol. The van der Waals surface area contributed by atoms with Crippen LogP contribution in [-0.2, 0) is 0 Å². The first-order valence-corrected chi connectivity index (χ1v) is 5.17. The van der Waals surface area contributed by atoms with Gasteiger partial charge >= 0.3 is 0 Å². The van der Waals surface area contributed by atoms with Gasteiger partial charge in [0.2, 0.25) is 0 Å². The van der Waals surface area contributed by atoms with Gasteiger partial charge in [0.25, 0.3) is 0 Å². The molecule has 1 aliphatic rings. The van der Waals surface area contributed by atoms with E-state index in [0.717, 1.165) is 16.7 Å². The van der Waals surface area contributed by atoms with Crippen LogP contribution in [0.1, 0.15) is 32.6 Å². The van der Waals surface area contributed by atoms with Crippen molar-refractivity contribution in [3.05, 3.63) is 0 Å². The minimum absolute atomic E-state index is 0.826. The van der Waals surface area contributed by atoms with Crippen molar-refractivity contribution in [2.75, 3.05) is 5.75 Å². The zero-order valence-corrected chi connectivity index (χ0v) is 7.73. The molecular weight excluding hydrogens is 158 g/mol. The smallest absolute Gasteiger partial charge is 0.0638 e. The SMILES string of the molecule is C/C(CSC1CCCC1)=N\O. The van der Waals surface area contributed by atoms with E-state index in [1.54, 1.807) is 0 Å². The van der Waals surface area contributed by atoms with Crippen LogP contribution < -0.4 is 0 Å². The minimum atomic E-state index is 0.826. The van der Waals surface area contributed by atoms with Crippen LogP contribution in [0.5, 0.6) is 0 Å². The first kappa shape index (κ1) is 8.91. The van der Waals surface area contributed by atoms with E-state index < -0.39 is 0 Å². The predicted octanol–water partition coefficient (Wildman–Crippen LogP) is 2.51. The third-order valence-corrected chi connectivity index (χ3v) is 3.53. The van der Waals surface area contributed by atoms with E-state index in [9.17, 15) is 0 Å². The summed E-state index contributed by atoms with van der Waals surface area (Å²) in [6, 6.07) is 0. The van der Waals surface area contributed by atoms with Crippen molar-refractivity contribution in [1.29, 1.82) is 0 Å². The summed E-state index contributed by atoms with van der Waals surface area (Å²) in [5, 5.41) is 12.4. The van der Waals surface area contributed by atoms with E-state index in [1.165, 1.54) is 25.7 Å². The van der Waals surface area contributed by atoms with Crippen LogP contribution in [0, 0.1) is 0 Å². The molecule has 2 nitrogen and oxygen atoms in total. The van der Waals surface area contributed by atoms with Gasteiger partial charge in [-0.05, 0) is 19.8 Å². The van der Waals surface area contributed by atoms with Crippen LogP contribution in [0.2, 0.25) is 0 Å². The highest BCUT2D eigenvalue weighted by molar-refractivity contribution is 8.00. The molecule has 11 heavy (non-hydrogen) atoms. The molecule has 1 saturated carbocycles. The lowest BCUT2D eigenvalue weighted by molar-refractivity contribution is 0.318. The zero-order valence-electron chi connectivity index (χ0n) is 6.92. The van der Waals surface area contributed by atoms with Crippen LogP contribution in [0.4, 0.5) is 0 Å². The summed E-state index contributed by atoms with van der Waals surface area (Å²) in [5.74, 6) is 0.890. The number of hydrogen-bond acceptors (Lipinski definition) is 3. The third kappa shape index (κ3) is 3.14. The van der Waals surface area contributed by atoms with Crippen LogP contribution in [-0.4, -0.2) is 21.9 Å². The van der Waals surface area contributed by atoms with Gasteiger partial charge in [0, 0.05) is 11.0 Å². The Morgan fingerprint density at radius 3 is 2.73 bits per heavy atom. The maximum Gasteiger partial charge on any atom is 0.0638 e. The summed E-state index contributed by atoms with van der Waals surface area (Å²) in [4.78, 5) is 0. The molecule has 0 unspecified atom stereocenters. The molecule has 0 aliphatic heterocycles. The van der Waals surface area contributed by atoms with Gasteiger partial charge in [0.15, 0.2) is 0 Å². The van der Waals surface area contributed by atoms with E-state index in [4.69, 9.17) is 5.21 Å². The fraction of sp³-hybridized carbons (Fsp3) is 0.875. The maximum atomic E-state index is 8.38. The lowest BCUT2D eigenvalue weighted by Gasteiger charge is -2.06. The van der Waals surface area contributed by atoms with Crippen molar-refractivity contribution >= 4 is 17.5 Å². The number of thioether (sulfide) groups is 1. The van der Waals surface area contributed by atoms with E-state index in [1.807, 2.05) is 18.7 Å². The molecule has 1 rings (SSSR count). The van der Waals surface area contributed by atoms with Gasteiger partial charge in [0.1, 0.15) is 0 Å². The van der Waals surface area contributed by atoms with Crippen LogP contribution >= 0.6 is 11.8 Å². The molecule has 0 saturated heterocycles. The van der Waals surface area contributed by atoms with Crippen LogP contribution in [0.25, 0.3) is 0 Å². The normalized spacial score (nSPS) is 21.0. The average molecular weight is 173 g/mol. The first-order valence-electron chi connectivity index (χ1n) is 4.12. The summed E-state index contributed by atoms with van der Waals surface area (Å²) in [5.41, 5.74) is 0.835. The molecule has 0 aromatic heterocycles. The van der Waals surface area contributed by atoms with Gasteiger partial charge < -0.3 is 5.21 Å². The van der Waals surface area contributed by atoms with Crippen molar-refractivity contribution < 1.29 is 5.21 Å². The highest BCUT2D eigenvalue weighted by Crippen LogP contribution is 2.29. The standard InChI is InChI=1S/C8H15NOS/c1-7(9-10)6-11-8-4-2-3-5-8/h8,10H,2-6H2,1H3/b9-7+. The van der Waals surface area contributed by atoms with E-state index in [-0.39, 0.29) is 0 Å². The molecule has 0 heterocycles. The molecule has 0 radical (unpaired) electrons. The molecule has 1 aliphatic carbocycles. The lowest BCUT2D eigenvalue weighted by atomic mass is 10.4. The fourth-order valence-corrected chi connectivity index (χ4v) is 2.52. The highest BCUT2D eigenvalue weighted by atomic mass is 32.2. The summed E-state index contributed by atoms with van der Waals surface area (Å²) in [6.07, 6.45) is 5.46. The topological polar surface area (TPSA) is 32.6 Å². The number of oxime groups is 1. The van der Waals surface area contributed by atoms with Crippen molar-refractivity contribution in [3.8, 4) is 0 Å². The zero-order chi connectivity index (χ0) is 8.10. The second-order valence-electron chi connectivity index (χ2n) is 3.05. The molecule has 64 valence electrons. The van der Waals surface area contributed by atoms with Crippen LogP contribution in [0.3, 0.4) is 0 Å². The van der Waals surface area contributed by atoms with E-state index >= 15 is 0 Å². The van der Waals surface area contributed by atoms with Crippen molar-refractivity contribution in [3.63, 3.8) is 0 Å². The molecule has 3 heteroatoms. The summed E-state index contributed by atoms with van der Waals surface area (Å²) in [6.45, 7) is 1.86. The molecule has 1 N–H and O–H groups in total. The Balaban J connectivity index is 2.11. The molecule has 0 aromatic rings. The monoisotopic (exact) mass is 173 g/mol. The molecule has 0 bridgehead atoms. The summed E-state index contributed by atoms with van der Waals surface area (Å²) in [7, 11) is 0. The van der Waals surface area contributed by atoms with Gasteiger partial charge in [0.05, 0.1) is 5.71 Å². The molecule has 0 spiro atoms. The number of nitrogens with zero attached hydrogens (tertiary/aromatic N) is 1. The Bertz CT molecular complexity index is 141. The Morgan fingerprint density at radius 2 is 2.18 bits per heavy atom. The highest BCUT2D eigenvalue weighted by Gasteiger charge is 2.14. The minimum Gasteiger partial charge on any atom is -0.411 e. The Kier molecular flexibility index (Phi) is 3.77. The first-order chi connectivity index (χ1) is 5.33. The second-order valence-corrected chi connectivity index (χ2v) is 4.34. The van der Waals surface area contributed by atoms with Crippen molar-refractivity contribution in [2.45, 2.75) is 37.9 Å². The molecule has 0 amide bonds. The molecule has 1 fully saturated rings. The average Bonchev–Trinajstić information content (AvgIpc) is 2.52.